The molecule has 18 heavy (non-hydrogen) atoms. The molecule has 2 heterocycles. The minimum absolute atomic E-state index is 0.802. The molecule has 0 aromatic carbocycles. The van der Waals surface area contributed by atoms with E-state index in [2.05, 4.69) is 41.9 Å². The zero-order valence-corrected chi connectivity index (χ0v) is 12.5. The highest BCUT2D eigenvalue weighted by Gasteiger charge is 2.11. The lowest BCUT2D eigenvalue weighted by Crippen LogP contribution is -2.13. The standard InChI is InChI=1S/C13H18ClN3S/c1-4-15-7-12-9(2)16-17(10(12)3)8-11-5-6-13(14)18-11/h5-6,15H,4,7-8H2,1-3H3. The second kappa shape index (κ2) is 5.87. The van der Waals surface area contributed by atoms with Crippen molar-refractivity contribution in [1.29, 1.82) is 0 Å². The molecule has 98 valence electrons. The van der Waals surface area contributed by atoms with E-state index in [1.807, 2.05) is 6.07 Å². The van der Waals surface area contributed by atoms with Crippen molar-refractivity contribution in [2.75, 3.05) is 6.54 Å². The predicted octanol–water partition coefficient (Wildman–Crippen LogP) is 3.37. The summed E-state index contributed by atoms with van der Waals surface area (Å²) in [5, 5.41) is 7.96. The van der Waals surface area contributed by atoms with Crippen molar-refractivity contribution in [2.24, 2.45) is 0 Å². The van der Waals surface area contributed by atoms with Gasteiger partial charge in [0.05, 0.1) is 16.6 Å². The number of aromatic nitrogens is 2. The van der Waals surface area contributed by atoms with Gasteiger partial charge >= 0.3 is 0 Å². The molecule has 0 aliphatic heterocycles. The Kier molecular flexibility index (Phi) is 4.43. The van der Waals surface area contributed by atoms with Gasteiger partial charge in [-0.2, -0.15) is 5.10 Å². The first kappa shape index (κ1) is 13.6. The summed E-state index contributed by atoms with van der Waals surface area (Å²) in [4.78, 5) is 1.24. The lowest BCUT2D eigenvalue weighted by molar-refractivity contribution is 0.662. The van der Waals surface area contributed by atoms with Crippen molar-refractivity contribution in [3.8, 4) is 0 Å². The minimum atomic E-state index is 0.802. The summed E-state index contributed by atoms with van der Waals surface area (Å²) in [6.45, 7) is 8.97. The van der Waals surface area contributed by atoms with Crippen LogP contribution in [0.4, 0.5) is 0 Å². The summed E-state index contributed by atoms with van der Waals surface area (Å²) in [5.41, 5.74) is 3.65. The fourth-order valence-electron chi connectivity index (χ4n) is 1.98. The molecule has 0 bridgehead atoms. The molecule has 0 aliphatic rings. The van der Waals surface area contributed by atoms with Gasteiger partial charge < -0.3 is 5.32 Å². The Labute approximate surface area is 117 Å². The molecule has 0 spiro atoms. The van der Waals surface area contributed by atoms with E-state index < -0.39 is 0 Å². The smallest absolute Gasteiger partial charge is 0.0931 e. The van der Waals surface area contributed by atoms with Crippen molar-refractivity contribution in [3.05, 3.63) is 38.3 Å². The highest BCUT2D eigenvalue weighted by Crippen LogP contribution is 2.23. The van der Waals surface area contributed by atoms with Crippen LogP contribution in [0.25, 0.3) is 0 Å². The molecule has 0 amide bonds. The number of nitrogens with one attached hydrogen (secondary N) is 1. The molecule has 1 N–H and O–H groups in total. The van der Waals surface area contributed by atoms with Crippen LogP contribution in [-0.4, -0.2) is 16.3 Å². The number of hydrogen-bond donors (Lipinski definition) is 1. The van der Waals surface area contributed by atoms with Gasteiger partial charge in [0.15, 0.2) is 0 Å². The Morgan fingerprint density at radius 2 is 2.17 bits per heavy atom. The second-order valence-electron chi connectivity index (χ2n) is 4.29. The Balaban J connectivity index is 2.18. The van der Waals surface area contributed by atoms with E-state index in [-0.39, 0.29) is 0 Å². The molecule has 5 heteroatoms. The van der Waals surface area contributed by atoms with Crippen LogP contribution in [0.2, 0.25) is 4.34 Å². The van der Waals surface area contributed by atoms with Gasteiger partial charge in [-0.1, -0.05) is 18.5 Å². The number of aryl methyl sites for hydroxylation is 1. The maximum atomic E-state index is 5.95. The topological polar surface area (TPSA) is 29.9 Å². The van der Waals surface area contributed by atoms with Gasteiger partial charge in [0, 0.05) is 22.7 Å². The van der Waals surface area contributed by atoms with Gasteiger partial charge in [-0.05, 0) is 32.5 Å². The summed E-state index contributed by atoms with van der Waals surface area (Å²) in [6, 6.07) is 4.00. The zero-order valence-electron chi connectivity index (χ0n) is 11.0. The van der Waals surface area contributed by atoms with Crippen molar-refractivity contribution in [1.82, 2.24) is 15.1 Å². The lowest BCUT2D eigenvalue weighted by Gasteiger charge is -2.04. The first-order valence-electron chi connectivity index (χ1n) is 6.09. The summed E-state index contributed by atoms with van der Waals surface area (Å²) >= 11 is 7.56. The van der Waals surface area contributed by atoms with Gasteiger partial charge in [0.2, 0.25) is 0 Å². The number of rotatable bonds is 5. The Morgan fingerprint density at radius 1 is 1.39 bits per heavy atom. The summed E-state index contributed by atoms with van der Waals surface area (Å²) < 4.78 is 2.89. The lowest BCUT2D eigenvalue weighted by atomic mass is 10.2. The van der Waals surface area contributed by atoms with Gasteiger partial charge in [0.25, 0.3) is 0 Å². The molecule has 0 saturated heterocycles. The highest BCUT2D eigenvalue weighted by molar-refractivity contribution is 7.16. The summed E-state index contributed by atoms with van der Waals surface area (Å²) in [6.07, 6.45) is 0. The SMILES string of the molecule is CCNCc1c(C)nn(Cc2ccc(Cl)s2)c1C. The van der Waals surface area contributed by atoms with Crippen LogP contribution < -0.4 is 5.32 Å². The molecule has 2 aromatic rings. The van der Waals surface area contributed by atoms with Crippen LogP contribution >= 0.6 is 22.9 Å². The Bertz CT molecular complexity index is 530. The van der Waals surface area contributed by atoms with E-state index in [1.165, 1.54) is 16.1 Å². The number of hydrogen-bond acceptors (Lipinski definition) is 3. The molecular formula is C13H18ClN3S. The van der Waals surface area contributed by atoms with Gasteiger partial charge in [-0.25, -0.2) is 0 Å². The van der Waals surface area contributed by atoms with Crippen LogP contribution in [0, 0.1) is 13.8 Å². The number of thiophene rings is 1. The maximum absolute atomic E-state index is 5.95. The van der Waals surface area contributed by atoms with Gasteiger partial charge in [-0.15, -0.1) is 11.3 Å². The van der Waals surface area contributed by atoms with Crippen LogP contribution in [0.1, 0.15) is 28.8 Å². The largest absolute Gasteiger partial charge is 0.313 e. The van der Waals surface area contributed by atoms with E-state index in [1.54, 1.807) is 11.3 Å². The fourth-order valence-corrected chi connectivity index (χ4v) is 3.05. The highest BCUT2D eigenvalue weighted by atomic mass is 35.5. The predicted molar refractivity (Wildman–Crippen MR) is 77.5 cm³/mol. The molecule has 0 radical (unpaired) electrons. The third-order valence-corrected chi connectivity index (χ3v) is 4.23. The van der Waals surface area contributed by atoms with E-state index in [4.69, 9.17) is 11.6 Å². The molecule has 0 fully saturated rings. The molecule has 3 nitrogen and oxygen atoms in total. The quantitative estimate of drug-likeness (QED) is 0.912. The molecule has 0 aliphatic carbocycles. The van der Waals surface area contributed by atoms with Gasteiger partial charge in [0.1, 0.15) is 0 Å². The molecule has 0 saturated carbocycles. The number of halogens is 1. The van der Waals surface area contributed by atoms with E-state index in [0.29, 0.717) is 0 Å². The summed E-state index contributed by atoms with van der Waals surface area (Å²) in [5.74, 6) is 0. The molecule has 2 aromatic heterocycles. The fraction of sp³-hybridized carbons (Fsp3) is 0.462. The first-order chi connectivity index (χ1) is 8.61. The molecule has 0 atom stereocenters. The maximum Gasteiger partial charge on any atom is 0.0931 e. The monoisotopic (exact) mass is 283 g/mol. The van der Waals surface area contributed by atoms with Crippen LogP contribution in [0.5, 0.6) is 0 Å². The Morgan fingerprint density at radius 3 is 2.78 bits per heavy atom. The zero-order chi connectivity index (χ0) is 13.1. The van der Waals surface area contributed by atoms with E-state index >= 15 is 0 Å². The van der Waals surface area contributed by atoms with E-state index in [0.717, 1.165) is 29.7 Å². The van der Waals surface area contributed by atoms with E-state index in [9.17, 15) is 0 Å². The number of nitrogens with zero attached hydrogens (tertiary/aromatic N) is 2. The first-order valence-corrected chi connectivity index (χ1v) is 7.29. The van der Waals surface area contributed by atoms with Crippen molar-refractivity contribution >= 4 is 22.9 Å². The normalized spacial score (nSPS) is 11.1. The Hall–Kier alpha value is -0.840. The van der Waals surface area contributed by atoms with Gasteiger partial charge in [-0.3, -0.25) is 4.68 Å². The van der Waals surface area contributed by atoms with Crippen molar-refractivity contribution in [2.45, 2.75) is 33.9 Å². The van der Waals surface area contributed by atoms with Crippen LogP contribution in [-0.2, 0) is 13.1 Å². The third kappa shape index (κ3) is 2.94. The van der Waals surface area contributed by atoms with Crippen LogP contribution in [0.3, 0.4) is 0 Å². The summed E-state index contributed by atoms with van der Waals surface area (Å²) in [7, 11) is 0. The molecule has 0 unspecified atom stereocenters. The second-order valence-corrected chi connectivity index (χ2v) is 6.09. The molecular weight excluding hydrogens is 266 g/mol. The van der Waals surface area contributed by atoms with Crippen molar-refractivity contribution < 1.29 is 0 Å². The average Bonchev–Trinajstić information content (AvgIpc) is 2.84. The average molecular weight is 284 g/mol. The third-order valence-electron chi connectivity index (χ3n) is 3.02. The van der Waals surface area contributed by atoms with Crippen LogP contribution in [0.15, 0.2) is 12.1 Å². The molecule has 2 rings (SSSR count). The van der Waals surface area contributed by atoms with Crippen molar-refractivity contribution in [3.63, 3.8) is 0 Å². The minimum Gasteiger partial charge on any atom is -0.313 e.